The number of hydrogen-bond acceptors (Lipinski definition) is 2. The van der Waals surface area contributed by atoms with E-state index in [4.69, 9.17) is 0 Å². The van der Waals surface area contributed by atoms with Crippen molar-refractivity contribution in [3.63, 3.8) is 0 Å². The van der Waals surface area contributed by atoms with Crippen LogP contribution in [0.2, 0.25) is 0 Å². The Hall–Kier alpha value is -0.660. The number of hydrogen-bond donors (Lipinski definition) is 0. The van der Waals surface area contributed by atoms with Crippen LogP contribution in [0.15, 0.2) is 0 Å². The van der Waals surface area contributed by atoms with Gasteiger partial charge in [-0.1, -0.05) is 27.7 Å². The Kier molecular flexibility index (Phi) is 2.60. The van der Waals surface area contributed by atoms with Crippen LogP contribution in [0.25, 0.3) is 0 Å². The molecule has 2 heteroatoms. The number of Topliss-reactive ketones (excluding diaryl/α,β-unsaturated/α-hetero) is 2. The van der Waals surface area contributed by atoms with E-state index in [-0.39, 0.29) is 28.8 Å². The third-order valence-corrected chi connectivity index (χ3v) is 2.95. The zero-order chi connectivity index (χ0) is 10.2. The third kappa shape index (κ3) is 1.82. The monoisotopic (exact) mass is 182 g/mol. The largest absolute Gasteiger partial charge is 0.299 e. The van der Waals surface area contributed by atoms with Gasteiger partial charge in [0.2, 0.25) is 0 Å². The molecule has 0 aromatic rings. The van der Waals surface area contributed by atoms with E-state index in [1.165, 1.54) is 0 Å². The summed E-state index contributed by atoms with van der Waals surface area (Å²) in [5.41, 5.74) is -0.269. The van der Waals surface area contributed by atoms with Crippen molar-refractivity contribution in [3.8, 4) is 0 Å². The fourth-order valence-electron chi connectivity index (χ4n) is 1.90. The predicted octanol–water partition coefficient (Wildman–Crippen LogP) is 2.22. The van der Waals surface area contributed by atoms with Crippen molar-refractivity contribution in [1.29, 1.82) is 0 Å². The van der Waals surface area contributed by atoms with E-state index in [1.807, 2.05) is 27.7 Å². The first-order chi connectivity index (χ1) is 5.86. The van der Waals surface area contributed by atoms with Crippen LogP contribution in [-0.2, 0) is 9.59 Å². The summed E-state index contributed by atoms with van der Waals surface area (Å²) < 4.78 is 0. The Morgan fingerprint density at radius 1 is 1.46 bits per heavy atom. The molecule has 0 bridgehead atoms. The highest BCUT2D eigenvalue weighted by Crippen LogP contribution is 2.38. The lowest BCUT2D eigenvalue weighted by atomic mass is 9.86. The molecule has 74 valence electrons. The number of ketones is 2. The van der Waals surface area contributed by atoms with Crippen LogP contribution in [0.4, 0.5) is 0 Å². The smallest absolute Gasteiger partial charge is 0.148 e. The SMILES string of the molecule is CC(C)C(=O)C1CCC(C)(C)C1=O. The molecule has 0 saturated heterocycles. The fraction of sp³-hybridized carbons (Fsp3) is 0.818. The minimum Gasteiger partial charge on any atom is -0.299 e. The molecule has 0 radical (unpaired) electrons. The molecule has 0 aromatic carbocycles. The maximum atomic E-state index is 11.8. The molecule has 1 aliphatic carbocycles. The summed E-state index contributed by atoms with van der Waals surface area (Å²) in [6.07, 6.45) is 1.61. The lowest BCUT2D eigenvalue weighted by molar-refractivity contribution is -0.136. The van der Waals surface area contributed by atoms with Crippen molar-refractivity contribution in [3.05, 3.63) is 0 Å². The summed E-state index contributed by atoms with van der Waals surface area (Å²) in [4.78, 5) is 23.4. The molecule has 1 fully saturated rings. The Labute approximate surface area is 79.7 Å². The molecule has 0 spiro atoms. The summed E-state index contributed by atoms with van der Waals surface area (Å²) >= 11 is 0. The normalized spacial score (nSPS) is 26.8. The quantitative estimate of drug-likeness (QED) is 0.614. The summed E-state index contributed by atoms with van der Waals surface area (Å²) in [5.74, 6) is -0.0559. The molecule has 0 amide bonds. The zero-order valence-corrected chi connectivity index (χ0v) is 8.89. The molecular weight excluding hydrogens is 164 g/mol. The van der Waals surface area contributed by atoms with E-state index in [0.717, 1.165) is 12.8 Å². The van der Waals surface area contributed by atoms with Gasteiger partial charge in [0.15, 0.2) is 0 Å². The van der Waals surface area contributed by atoms with Crippen LogP contribution in [0.5, 0.6) is 0 Å². The topological polar surface area (TPSA) is 34.1 Å². The van der Waals surface area contributed by atoms with Crippen molar-refractivity contribution >= 4 is 11.6 Å². The third-order valence-electron chi connectivity index (χ3n) is 2.95. The molecule has 1 aliphatic rings. The number of carbonyl (C=O) groups is 2. The van der Waals surface area contributed by atoms with Gasteiger partial charge in [-0.05, 0) is 12.8 Å². The average molecular weight is 182 g/mol. The van der Waals surface area contributed by atoms with Crippen molar-refractivity contribution < 1.29 is 9.59 Å². The zero-order valence-electron chi connectivity index (χ0n) is 8.89. The summed E-state index contributed by atoms with van der Waals surface area (Å²) in [5, 5.41) is 0. The van der Waals surface area contributed by atoms with Gasteiger partial charge in [-0.15, -0.1) is 0 Å². The lowest BCUT2D eigenvalue weighted by Crippen LogP contribution is -2.29. The highest BCUT2D eigenvalue weighted by Gasteiger charge is 2.43. The Bertz CT molecular complexity index is 238. The van der Waals surface area contributed by atoms with Crippen LogP contribution in [-0.4, -0.2) is 11.6 Å². The van der Waals surface area contributed by atoms with E-state index in [2.05, 4.69) is 0 Å². The van der Waals surface area contributed by atoms with Gasteiger partial charge in [-0.2, -0.15) is 0 Å². The second-order valence-electron chi connectivity index (χ2n) is 4.90. The average Bonchev–Trinajstić information content (AvgIpc) is 2.27. The molecule has 13 heavy (non-hydrogen) atoms. The Balaban J connectivity index is 2.77. The lowest BCUT2D eigenvalue weighted by Gasteiger charge is -2.16. The molecule has 0 heterocycles. The van der Waals surface area contributed by atoms with Crippen molar-refractivity contribution in [2.24, 2.45) is 17.3 Å². The van der Waals surface area contributed by atoms with Crippen LogP contribution < -0.4 is 0 Å². The molecule has 1 saturated carbocycles. The maximum absolute atomic E-state index is 11.8. The molecule has 2 nitrogen and oxygen atoms in total. The Morgan fingerprint density at radius 2 is 2.00 bits per heavy atom. The first kappa shape index (κ1) is 10.4. The molecule has 1 unspecified atom stereocenters. The standard InChI is InChI=1S/C11H18O2/c1-7(2)9(12)8-5-6-11(3,4)10(8)13/h7-8H,5-6H2,1-4H3. The van der Waals surface area contributed by atoms with E-state index in [9.17, 15) is 9.59 Å². The Morgan fingerprint density at radius 3 is 2.31 bits per heavy atom. The van der Waals surface area contributed by atoms with Gasteiger partial charge < -0.3 is 0 Å². The summed E-state index contributed by atoms with van der Waals surface area (Å²) in [7, 11) is 0. The van der Waals surface area contributed by atoms with E-state index in [0.29, 0.717) is 0 Å². The highest BCUT2D eigenvalue weighted by atomic mass is 16.2. The van der Waals surface area contributed by atoms with Gasteiger partial charge in [0.1, 0.15) is 11.6 Å². The maximum Gasteiger partial charge on any atom is 0.148 e. The van der Waals surface area contributed by atoms with Gasteiger partial charge in [-0.3, -0.25) is 9.59 Å². The second-order valence-corrected chi connectivity index (χ2v) is 4.90. The van der Waals surface area contributed by atoms with Gasteiger partial charge in [0, 0.05) is 11.3 Å². The first-order valence-electron chi connectivity index (χ1n) is 4.94. The van der Waals surface area contributed by atoms with Crippen LogP contribution >= 0.6 is 0 Å². The fourth-order valence-corrected chi connectivity index (χ4v) is 1.90. The van der Waals surface area contributed by atoms with Crippen molar-refractivity contribution in [2.75, 3.05) is 0 Å². The molecule has 0 aliphatic heterocycles. The van der Waals surface area contributed by atoms with Gasteiger partial charge in [-0.25, -0.2) is 0 Å². The molecule has 0 N–H and O–H groups in total. The first-order valence-corrected chi connectivity index (χ1v) is 4.94. The summed E-state index contributed by atoms with van der Waals surface area (Å²) in [6, 6.07) is 0. The van der Waals surface area contributed by atoms with Gasteiger partial charge in [0.25, 0.3) is 0 Å². The van der Waals surface area contributed by atoms with Crippen molar-refractivity contribution in [2.45, 2.75) is 40.5 Å². The minimum absolute atomic E-state index is 0.0113. The van der Waals surface area contributed by atoms with Crippen LogP contribution in [0.1, 0.15) is 40.5 Å². The molecule has 0 aromatic heterocycles. The number of rotatable bonds is 2. The predicted molar refractivity (Wildman–Crippen MR) is 51.4 cm³/mol. The molecular formula is C11H18O2. The van der Waals surface area contributed by atoms with Crippen LogP contribution in [0.3, 0.4) is 0 Å². The van der Waals surface area contributed by atoms with E-state index >= 15 is 0 Å². The molecule has 1 atom stereocenters. The highest BCUT2D eigenvalue weighted by molar-refractivity contribution is 6.06. The van der Waals surface area contributed by atoms with Gasteiger partial charge in [0.05, 0.1) is 5.92 Å². The van der Waals surface area contributed by atoms with Crippen molar-refractivity contribution in [1.82, 2.24) is 0 Å². The van der Waals surface area contributed by atoms with E-state index in [1.54, 1.807) is 0 Å². The van der Waals surface area contributed by atoms with Gasteiger partial charge >= 0.3 is 0 Å². The summed E-state index contributed by atoms with van der Waals surface area (Å²) in [6.45, 7) is 7.59. The van der Waals surface area contributed by atoms with E-state index < -0.39 is 0 Å². The minimum atomic E-state index is -0.310. The second kappa shape index (κ2) is 3.24. The molecule has 1 rings (SSSR count). The van der Waals surface area contributed by atoms with Crippen LogP contribution in [0, 0.1) is 17.3 Å². The number of carbonyl (C=O) groups excluding carboxylic acids is 2.